The first kappa shape index (κ1) is 23.4. The zero-order chi connectivity index (χ0) is 21.3. The lowest BCUT2D eigenvalue weighted by Crippen LogP contribution is -2.43. The molecule has 1 aromatic rings. The smallest absolute Gasteiger partial charge is 0.250 e. The van der Waals surface area contributed by atoms with Crippen molar-refractivity contribution in [2.75, 3.05) is 13.2 Å². The molecule has 0 fully saturated rings. The highest BCUT2D eigenvalue weighted by Gasteiger charge is 2.40. The Morgan fingerprint density at radius 2 is 2.00 bits per heavy atom. The summed E-state index contributed by atoms with van der Waals surface area (Å²) in [7, 11) is -7.63. The minimum Gasteiger partial charge on any atom is -0.371 e. The minimum absolute atomic E-state index is 0.0826. The summed E-state index contributed by atoms with van der Waals surface area (Å²) >= 11 is 0.734. The van der Waals surface area contributed by atoms with Gasteiger partial charge >= 0.3 is 0 Å². The van der Waals surface area contributed by atoms with E-state index in [-0.39, 0.29) is 14.5 Å². The Labute approximate surface area is 171 Å². The van der Waals surface area contributed by atoms with Gasteiger partial charge in [-0.05, 0) is 46.7 Å². The number of carbonyl (C=O) groups is 1. The number of Topliss-reactive ketones (excluding diaryl/α,β-unsaturated/α-hetero) is 1. The molecule has 0 aromatic carbocycles. The summed E-state index contributed by atoms with van der Waals surface area (Å²) in [5.41, 5.74) is 0.479. The highest BCUT2D eigenvalue weighted by Crippen LogP contribution is 2.42. The fourth-order valence-electron chi connectivity index (χ4n) is 3.20. The molecule has 8 nitrogen and oxygen atoms in total. The number of sulfone groups is 1. The van der Waals surface area contributed by atoms with Crippen LogP contribution in [0.4, 0.5) is 0 Å². The molecule has 1 aliphatic rings. The Morgan fingerprint density at radius 1 is 1.36 bits per heavy atom. The average Bonchev–Trinajstić information content (AvgIpc) is 3.07. The van der Waals surface area contributed by atoms with E-state index in [1.54, 1.807) is 20.8 Å². The zero-order valence-electron chi connectivity index (χ0n) is 16.7. The summed E-state index contributed by atoms with van der Waals surface area (Å²) in [6.07, 6.45) is -0.355. The number of rotatable bonds is 9. The van der Waals surface area contributed by atoms with E-state index in [1.165, 1.54) is 13.0 Å². The number of thiophene rings is 1. The molecule has 160 valence electrons. The van der Waals surface area contributed by atoms with Crippen molar-refractivity contribution in [3.05, 3.63) is 11.6 Å². The van der Waals surface area contributed by atoms with Crippen molar-refractivity contribution in [2.45, 2.75) is 72.9 Å². The molecule has 0 amide bonds. The molecule has 0 bridgehead atoms. The summed E-state index contributed by atoms with van der Waals surface area (Å²) in [5.74, 6) is -0.390. The Hall–Kier alpha value is -0.850. The standard InChI is InChI=1S/C17H28N2O6S3/c1-6-18-14-8-10(3)27(21,22)17-13(14)9-15(26-17)28(23,24)19-11(4)16(20)12(5)25-7-2/h9-12,14,18-19H,6-8H2,1-5H3/t10-,11?,12-,14-/m0/s1. The van der Waals surface area contributed by atoms with Gasteiger partial charge in [0, 0.05) is 18.2 Å². The lowest BCUT2D eigenvalue weighted by Gasteiger charge is -2.27. The van der Waals surface area contributed by atoms with Crippen LogP contribution in [0, 0.1) is 0 Å². The van der Waals surface area contributed by atoms with E-state index in [0.717, 1.165) is 11.3 Å². The van der Waals surface area contributed by atoms with Crippen molar-refractivity contribution in [3.63, 3.8) is 0 Å². The van der Waals surface area contributed by atoms with Gasteiger partial charge in [0.2, 0.25) is 0 Å². The van der Waals surface area contributed by atoms with E-state index in [0.29, 0.717) is 25.1 Å². The number of nitrogens with one attached hydrogen (secondary N) is 2. The molecule has 1 aromatic heterocycles. The van der Waals surface area contributed by atoms with Crippen LogP contribution in [0.25, 0.3) is 0 Å². The monoisotopic (exact) mass is 452 g/mol. The number of ether oxygens (including phenoxy) is 1. The van der Waals surface area contributed by atoms with Crippen molar-refractivity contribution in [1.29, 1.82) is 0 Å². The van der Waals surface area contributed by atoms with Crippen molar-refractivity contribution in [3.8, 4) is 0 Å². The van der Waals surface area contributed by atoms with Gasteiger partial charge in [-0.2, -0.15) is 0 Å². The molecule has 0 spiro atoms. The highest BCUT2D eigenvalue weighted by atomic mass is 32.3. The molecular formula is C17H28N2O6S3. The molecule has 28 heavy (non-hydrogen) atoms. The van der Waals surface area contributed by atoms with Gasteiger partial charge in [-0.3, -0.25) is 4.79 Å². The topological polar surface area (TPSA) is 119 Å². The molecule has 11 heteroatoms. The second-order valence-electron chi connectivity index (χ2n) is 6.85. The molecule has 0 radical (unpaired) electrons. The van der Waals surface area contributed by atoms with Crippen molar-refractivity contribution in [1.82, 2.24) is 10.0 Å². The van der Waals surface area contributed by atoms with Gasteiger partial charge in [0.05, 0.1) is 11.3 Å². The first-order valence-electron chi connectivity index (χ1n) is 9.24. The maximum atomic E-state index is 12.8. The number of hydrogen-bond donors (Lipinski definition) is 2. The van der Waals surface area contributed by atoms with Crippen molar-refractivity contribution in [2.24, 2.45) is 0 Å². The quantitative estimate of drug-likeness (QED) is 0.584. The van der Waals surface area contributed by atoms with Gasteiger partial charge < -0.3 is 10.1 Å². The van der Waals surface area contributed by atoms with Crippen LogP contribution in [-0.4, -0.2) is 53.2 Å². The fourth-order valence-corrected chi connectivity index (χ4v) is 8.43. The summed E-state index contributed by atoms with van der Waals surface area (Å²) in [6.45, 7) is 9.27. The number of fused-ring (bicyclic) bond motifs is 1. The first-order chi connectivity index (χ1) is 13.0. The first-order valence-corrected chi connectivity index (χ1v) is 13.1. The zero-order valence-corrected chi connectivity index (χ0v) is 19.1. The highest BCUT2D eigenvalue weighted by molar-refractivity contribution is 7.95. The van der Waals surface area contributed by atoms with Crippen LogP contribution in [0.2, 0.25) is 0 Å². The summed E-state index contributed by atoms with van der Waals surface area (Å²) < 4.78 is 58.5. The molecular weight excluding hydrogens is 424 g/mol. The van der Waals surface area contributed by atoms with Gasteiger partial charge in [0.15, 0.2) is 15.6 Å². The van der Waals surface area contributed by atoms with Crippen LogP contribution in [-0.2, 0) is 29.4 Å². The average molecular weight is 453 g/mol. The van der Waals surface area contributed by atoms with Gasteiger partial charge in [-0.25, -0.2) is 21.6 Å². The summed E-state index contributed by atoms with van der Waals surface area (Å²) in [5, 5.41) is 2.62. The van der Waals surface area contributed by atoms with Crippen LogP contribution < -0.4 is 10.0 Å². The number of ketones is 1. The molecule has 4 atom stereocenters. The van der Waals surface area contributed by atoms with Crippen LogP contribution in [0.3, 0.4) is 0 Å². The van der Waals surface area contributed by atoms with Crippen LogP contribution in [0.1, 0.15) is 52.6 Å². The maximum Gasteiger partial charge on any atom is 0.250 e. The van der Waals surface area contributed by atoms with Crippen molar-refractivity contribution < 1.29 is 26.4 Å². The van der Waals surface area contributed by atoms with E-state index in [4.69, 9.17) is 4.74 Å². The van der Waals surface area contributed by atoms with Gasteiger partial charge in [0.1, 0.15) is 14.5 Å². The van der Waals surface area contributed by atoms with E-state index >= 15 is 0 Å². The van der Waals surface area contributed by atoms with Crippen LogP contribution in [0.5, 0.6) is 0 Å². The number of sulfonamides is 1. The molecule has 2 rings (SSSR count). The molecule has 0 saturated heterocycles. The minimum atomic E-state index is -4.05. The van der Waals surface area contributed by atoms with Crippen LogP contribution >= 0.6 is 11.3 Å². The van der Waals surface area contributed by atoms with E-state index < -0.39 is 43.0 Å². The second kappa shape index (κ2) is 8.88. The van der Waals surface area contributed by atoms with E-state index in [2.05, 4.69) is 10.0 Å². The SMILES string of the molecule is CCN[C@H]1C[C@H](C)S(=O)(=O)c2sc(S(=O)(=O)NC(C)C(=O)[C@H](C)OCC)cc21. The van der Waals surface area contributed by atoms with E-state index in [1.807, 2.05) is 6.92 Å². The fraction of sp³-hybridized carbons (Fsp3) is 0.706. The summed E-state index contributed by atoms with van der Waals surface area (Å²) in [6, 6.07) is 0.184. The van der Waals surface area contributed by atoms with Gasteiger partial charge in [-0.1, -0.05) is 6.92 Å². The third-order valence-electron chi connectivity index (χ3n) is 4.72. The largest absolute Gasteiger partial charge is 0.371 e. The predicted octanol–water partition coefficient (Wildman–Crippen LogP) is 1.63. The van der Waals surface area contributed by atoms with Gasteiger partial charge in [-0.15, -0.1) is 11.3 Å². The van der Waals surface area contributed by atoms with Crippen molar-refractivity contribution >= 4 is 37.0 Å². The Balaban J connectivity index is 2.36. The Morgan fingerprint density at radius 3 is 2.57 bits per heavy atom. The third kappa shape index (κ3) is 4.65. The molecule has 0 saturated carbocycles. The summed E-state index contributed by atoms with van der Waals surface area (Å²) in [4.78, 5) is 12.3. The number of hydrogen-bond acceptors (Lipinski definition) is 8. The third-order valence-corrected chi connectivity index (χ3v) is 10.6. The Bertz CT molecular complexity index is 923. The van der Waals surface area contributed by atoms with Gasteiger partial charge in [0.25, 0.3) is 10.0 Å². The molecule has 1 unspecified atom stereocenters. The second-order valence-corrected chi connectivity index (χ2v) is 12.4. The molecule has 2 heterocycles. The Kier molecular flexibility index (Phi) is 7.43. The lowest BCUT2D eigenvalue weighted by molar-refractivity contribution is -0.130. The maximum absolute atomic E-state index is 12.8. The van der Waals surface area contributed by atoms with Crippen LogP contribution in [0.15, 0.2) is 14.5 Å². The number of carbonyl (C=O) groups excluding carboxylic acids is 1. The predicted molar refractivity (Wildman–Crippen MR) is 108 cm³/mol. The molecule has 0 aliphatic carbocycles. The molecule has 1 aliphatic heterocycles. The van der Waals surface area contributed by atoms with E-state index in [9.17, 15) is 21.6 Å². The molecule has 2 N–H and O–H groups in total. The lowest BCUT2D eigenvalue weighted by atomic mass is 10.1. The normalized spacial score (nSPS) is 23.8.